The van der Waals surface area contributed by atoms with Gasteiger partial charge in [0.1, 0.15) is 29.6 Å². The van der Waals surface area contributed by atoms with E-state index in [2.05, 4.69) is 5.32 Å². The van der Waals surface area contributed by atoms with E-state index in [1.165, 1.54) is 0 Å². The van der Waals surface area contributed by atoms with Crippen LogP contribution >= 0.6 is 23.2 Å². The normalized spacial score (nSPS) is 10.4. The van der Waals surface area contributed by atoms with E-state index in [0.29, 0.717) is 21.5 Å². The summed E-state index contributed by atoms with van der Waals surface area (Å²) in [6.07, 6.45) is 0. The van der Waals surface area contributed by atoms with Gasteiger partial charge in [-0.05, 0) is 48.0 Å². The lowest BCUT2D eigenvalue weighted by Crippen LogP contribution is -2.35. The molecule has 30 heavy (non-hydrogen) atoms. The summed E-state index contributed by atoms with van der Waals surface area (Å²) in [6.45, 7) is 0.221. The Kier molecular flexibility index (Phi) is 6.87. The highest BCUT2D eigenvalue weighted by molar-refractivity contribution is 6.35. The Hall–Kier alpha value is -3.16. The number of carbonyl (C=O) groups excluding carboxylic acids is 2. The maximum absolute atomic E-state index is 13.6. The first-order valence-corrected chi connectivity index (χ1v) is 9.32. The van der Waals surface area contributed by atoms with Gasteiger partial charge in [0, 0.05) is 10.7 Å². The minimum absolute atomic E-state index is 0.221. The zero-order valence-electron chi connectivity index (χ0n) is 15.2. The molecule has 0 saturated carbocycles. The SMILES string of the molecule is O=C(NC(=O)c1c(F)cccc1F)Nc1ccc(COc2ccc(Cl)cc2Cl)cc1. The molecule has 0 fully saturated rings. The van der Waals surface area contributed by atoms with Gasteiger partial charge in [-0.25, -0.2) is 13.6 Å². The standard InChI is InChI=1S/C21H14Cl2F2N2O3/c22-13-6-9-18(15(23)10-13)30-11-12-4-7-14(8-5-12)26-21(29)27-20(28)19-16(24)2-1-3-17(19)25/h1-10H,11H2,(H2,26,27,28,29). The number of hydrogen-bond acceptors (Lipinski definition) is 3. The summed E-state index contributed by atoms with van der Waals surface area (Å²) in [7, 11) is 0. The van der Waals surface area contributed by atoms with E-state index in [1.807, 2.05) is 5.32 Å². The van der Waals surface area contributed by atoms with Gasteiger partial charge in [0.2, 0.25) is 0 Å². The third-order valence-electron chi connectivity index (χ3n) is 3.92. The summed E-state index contributed by atoms with van der Waals surface area (Å²) >= 11 is 11.9. The predicted molar refractivity (Wildman–Crippen MR) is 110 cm³/mol. The fourth-order valence-corrected chi connectivity index (χ4v) is 2.94. The molecular weight excluding hydrogens is 437 g/mol. The van der Waals surface area contributed by atoms with Crippen LogP contribution in [0.15, 0.2) is 60.7 Å². The first kappa shape index (κ1) is 21.5. The molecule has 0 radical (unpaired) electrons. The summed E-state index contributed by atoms with van der Waals surface area (Å²) in [5, 5.41) is 5.17. The van der Waals surface area contributed by atoms with Crippen molar-refractivity contribution in [3.63, 3.8) is 0 Å². The second-order valence-corrected chi connectivity index (χ2v) is 6.91. The first-order chi connectivity index (χ1) is 14.3. The van der Waals surface area contributed by atoms with Crippen molar-refractivity contribution >= 4 is 40.8 Å². The van der Waals surface area contributed by atoms with Crippen LogP contribution in [0.4, 0.5) is 19.3 Å². The molecule has 0 aromatic heterocycles. The highest BCUT2D eigenvalue weighted by Crippen LogP contribution is 2.28. The Morgan fingerprint density at radius 2 is 1.60 bits per heavy atom. The van der Waals surface area contributed by atoms with Gasteiger partial charge < -0.3 is 10.1 Å². The molecule has 0 heterocycles. The lowest BCUT2D eigenvalue weighted by molar-refractivity contribution is 0.0959. The number of nitrogens with one attached hydrogen (secondary N) is 2. The van der Waals surface area contributed by atoms with Crippen LogP contribution in [0.5, 0.6) is 5.75 Å². The molecule has 0 saturated heterocycles. The smallest absolute Gasteiger partial charge is 0.326 e. The maximum Gasteiger partial charge on any atom is 0.326 e. The molecule has 0 spiro atoms. The largest absolute Gasteiger partial charge is 0.487 e. The number of urea groups is 1. The number of hydrogen-bond donors (Lipinski definition) is 2. The van der Waals surface area contributed by atoms with Crippen LogP contribution in [-0.2, 0) is 6.61 Å². The molecular formula is C21H14Cl2F2N2O3. The molecule has 2 N–H and O–H groups in total. The second kappa shape index (κ2) is 9.56. The van der Waals surface area contributed by atoms with Crippen LogP contribution in [-0.4, -0.2) is 11.9 Å². The average Bonchev–Trinajstić information content (AvgIpc) is 2.68. The van der Waals surface area contributed by atoms with E-state index >= 15 is 0 Å². The van der Waals surface area contributed by atoms with Crippen molar-refractivity contribution in [3.8, 4) is 5.75 Å². The van der Waals surface area contributed by atoms with E-state index < -0.39 is 29.1 Å². The van der Waals surface area contributed by atoms with E-state index in [4.69, 9.17) is 27.9 Å². The lowest BCUT2D eigenvalue weighted by atomic mass is 10.2. The van der Waals surface area contributed by atoms with Gasteiger partial charge in [-0.3, -0.25) is 10.1 Å². The molecule has 0 bridgehead atoms. The van der Waals surface area contributed by atoms with Crippen LogP contribution in [0.1, 0.15) is 15.9 Å². The zero-order chi connectivity index (χ0) is 21.7. The van der Waals surface area contributed by atoms with Gasteiger partial charge in [0.05, 0.1) is 5.02 Å². The van der Waals surface area contributed by atoms with E-state index in [9.17, 15) is 18.4 Å². The molecule has 3 aromatic carbocycles. The number of amides is 3. The lowest BCUT2D eigenvalue weighted by Gasteiger charge is -2.10. The number of benzene rings is 3. The molecule has 0 aliphatic carbocycles. The number of ether oxygens (including phenoxy) is 1. The number of rotatable bonds is 5. The van der Waals surface area contributed by atoms with Gasteiger partial charge >= 0.3 is 6.03 Å². The summed E-state index contributed by atoms with van der Waals surface area (Å²) in [5.74, 6) is -2.84. The average molecular weight is 451 g/mol. The Bertz CT molecular complexity index is 1070. The van der Waals surface area contributed by atoms with Gasteiger partial charge in [0.25, 0.3) is 5.91 Å². The molecule has 3 rings (SSSR count). The van der Waals surface area contributed by atoms with Crippen molar-refractivity contribution in [2.45, 2.75) is 6.61 Å². The van der Waals surface area contributed by atoms with E-state index in [0.717, 1.165) is 23.8 Å². The fourth-order valence-electron chi connectivity index (χ4n) is 2.48. The van der Waals surface area contributed by atoms with E-state index in [-0.39, 0.29) is 6.61 Å². The summed E-state index contributed by atoms with van der Waals surface area (Å²) < 4.78 is 32.8. The molecule has 154 valence electrons. The third kappa shape index (κ3) is 5.46. The summed E-state index contributed by atoms with van der Waals surface area (Å²) in [4.78, 5) is 23.9. The van der Waals surface area contributed by atoms with Crippen molar-refractivity contribution in [3.05, 3.63) is 93.5 Å². The summed E-state index contributed by atoms with van der Waals surface area (Å²) in [5.41, 5.74) is 0.320. The van der Waals surface area contributed by atoms with Gasteiger partial charge in [-0.15, -0.1) is 0 Å². The summed E-state index contributed by atoms with van der Waals surface area (Å²) in [6, 6.07) is 13.5. The van der Waals surface area contributed by atoms with Crippen molar-refractivity contribution in [1.29, 1.82) is 0 Å². The number of imide groups is 1. The minimum atomic E-state index is -1.19. The molecule has 0 unspecified atom stereocenters. The van der Waals surface area contributed by atoms with E-state index in [1.54, 1.807) is 42.5 Å². The Labute approximate surface area is 180 Å². The molecule has 0 atom stereocenters. The highest BCUT2D eigenvalue weighted by Gasteiger charge is 2.19. The van der Waals surface area contributed by atoms with Crippen molar-refractivity contribution in [2.75, 3.05) is 5.32 Å². The second-order valence-electron chi connectivity index (χ2n) is 6.07. The van der Waals surface area contributed by atoms with Crippen molar-refractivity contribution in [1.82, 2.24) is 5.32 Å². The monoisotopic (exact) mass is 450 g/mol. The quantitative estimate of drug-likeness (QED) is 0.515. The number of anilines is 1. The highest BCUT2D eigenvalue weighted by atomic mass is 35.5. The maximum atomic E-state index is 13.6. The van der Waals surface area contributed by atoms with Crippen molar-refractivity contribution < 1.29 is 23.1 Å². The fraction of sp³-hybridized carbons (Fsp3) is 0.0476. The zero-order valence-corrected chi connectivity index (χ0v) is 16.7. The predicted octanol–water partition coefficient (Wildman–Crippen LogP) is 5.81. The van der Waals surface area contributed by atoms with Crippen LogP contribution in [0.3, 0.4) is 0 Å². The Balaban J connectivity index is 1.56. The van der Waals surface area contributed by atoms with Crippen molar-refractivity contribution in [2.24, 2.45) is 0 Å². The minimum Gasteiger partial charge on any atom is -0.487 e. The molecule has 3 aromatic rings. The third-order valence-corrected chi connectivity index (χ3v) is 4.45. The molecule has 9 heteroatoms. The van der Waals surface area contributed by atoms with Crippen LogP contribution in [0, 0.1) is 11.6 Å². The van der Waals surface area contributed by atoms with Gasteiger partial charge in [-0.2, -0.15) is 0 Å². The molecule has 0 aliphatic heterocycles. The number of carbonyl (C=O) groups is 2. The number of halogens is 4. The van der Waals surface area contributed by atoms with Crippen LogP contribution in [0.2, 0.25) is 10.0 Å². The van der Waals surface area contributed by atoms with Crippen LogP contribution in [0.25, 0.3) is 0 Å². The Morgan fingerprint density at radius 3 is 2.23 bits per heavy atom. The molecule has 5 nitrogen and oxygen atoms in total. The molecule has 0 aliphatic rings. The Morgan fingerprint density at radius 1 is 0.933 bits per heavy atom. The van der Waals surface area contributed by atoms with Gasteiger partial charge in [-0.1, -0.05) is 41.4 Å². The topological polar surface area (TPSA) is 67.4 Å². The van der Waals surface area contributed by atoms with Crippen LogP contribution < -0.4 is 15.4 Å². The first-order valence-electron chi connectivity index (χ1n) is 8.56. The van der Waals surface area contributed by atoms with Gasteiger partial charge in [0.15, 0.2) is 0 Å². The molecule has 3 amide bonds.